The molecule has 0 spiro atoms. The van der Waals surface area contributed by atoms with Crippen molar-refractivity contribution in [3.05, 3.63) is 51.4 Å². The number of hydrogen-bond donors (Lipinski definition) is 1. The van der Waals surface area contributed by atoms with E-state index in [2.05, 4.69) is 17.2 Å². The number of thiophene rings is 1. The maximum absolute atomic E-state index is 5.86. The summed E-state index contributed by atoms with van der Waals surface area (Å²) in [7, 11) is 0. The molecule has 84 valence electrons. The smallest absolute Gasteiger partial charge is 0.0570 e. The molecule has 2 nitrogen and oxygen atoms in total. The number of halogens is 1. The van der Waals surface area contributed by atoms with Gasteiger partial charge < -0.3 is 5.32 Å². The van der Waals surface area contributed by atoms with Gasteiger partial charge in [-0.3, -0.25) is 4.98 Å². The lowest BCUT2D eigenvalue weighted by atomic mass is 10.2. The molecule has 0 aliphatic rings. The molecule has 0 saturated carbocycles. The lowest BCUT2D eigenvalue weighted by Crippen LogP contribution is -2.18. The summed E-state index contributed by atoms with van der Waals surface area (Å²) in [4.78, 5) is 5.55. The second-order valence-corrected chi connectivity index (χ2v) is 5.02. The lowest BCUT2D eigenvalue weighted by molar-refractivity contribution is 0.565. The molecule has 4 heteroatoms. The zero-order valence-corrected chi connectivity index (χ0v) is 10.6. The molecule has 1 N–H and O–H groups in total. The van der Waals surface area contributed by atoms with Crippen molar-refractivity contribution in [2.75, 3.05) is 0 Å². The van der Waals surface area contributed by atoms with Crippen LogP contribution in [-0.4, -0.2) is 4.98 Å². The van der Waals surface area contributed by atoms with Crippen LogP contribution in [0.25, 0.3) is 0 Å². The topological polar surface area (TPSA) is 24.9 Å². The second kappa shape index (κ2) is 5.43. The van der Waals surface area contributed by atoms with E-state index in [0.29, 0.717) is 0 Å². The van der Waals surface area contributed by atoms with Crippen molar-refractivity contribution in [1.29, 1.82) is 0 Å². The molecule has 0 saturated heterocycles. The van der Waals surface area contributed by atoms with E-state index in [0.717, 1.165) is 17.3 Å². The van der Waals surface area contributed by atoms with Gasteiger partial charge in [-0.2, -0.15) is 0 Å². The molecule has 0 fully saturated rings. The summed E-state index contributed by atoms with van der Waals surface area (Å²) in [5, 5.41) is 6.18. The molecule has 0 aliphatic carbocycles. The lowest BCUT2D eigenvalue weighted by Gasteiger charge is -2.11. The molecule has 0 aromatic carbocycles. The minimum absolute atomic E-state index is 0.252. The predicted molar refractivity (Wildman–Crippen MR) is 68.8 cm³/mol. The number of aromatic nitrogens is 1. The number of rotatable bonds is 4. The third-order valence-corrected chi connectivity index (χ3v) is 3.62. The van der Waals surface area contributed by atoms with Gasteiger partial charge in [0.05, 0.1) is 10.7 Å². The van der Waals surface area contributed by atoms with Crippen molar-refractivity contribution in [3.63, 3.8) is 0 Å². The van der Waals surface area contributed by atoms with Crippen molar-refractivity contribution in [1.82, 2.24) is 10.3 Å². The Labute approximate surface area is 104 Å². The van der Waals surface area contributed by atoms with Gasteiger partial charge in [-0.05, 0) is 25.1 Å². The van der Waals surface area contributed by atoms with Gasteiger partial charge in [0.25, 0.3) is 0 Å². The average molecular weight is 253 g/mol. The SMILES string of the molecule is C[C@@H](NCc1cc(Cl)cs1)c1ccccn1. The molecule has 2 aromatic rings. The second-order valence-electron chi connectivity index (χ2n) is 3.59. The fraction of sp³-hybridized carbons (Fsp3) is 0.250. The maximum atomic E-state index is 5.86. The Bertz CT molecular complexity index is 441. The van der Waals surface area contributed by atoms with Gasteiger partial charge in [-0.1, -0.05) is 17.7 Å². The fourth-order valence-electron chi connectivity index (χ4n) is 1.44. The van der Waals surface area contributed by atoms with E-state index in [9.17, 15) is 0 Å². The highest BCUT2D eigenvalue weighted by Gasteiger charge is 2.06. The number of pyridine rings is 1. The van der Waals surface area contributed by atoms with Gasteiger partial charge in [-0.15, -0.1) is 11.3 Å². The molecule has 16 heavy (non-hydrogen) atoms. The molecule has 0 aliphatic heterocycles. The molecular formula is C12H13ClN2S. The zero-order valence-electron chi connectivity index (χ0n) is 8.98. The van der Waals surface area contributed by atoms with Crippen LogP contribution < -0.4 is 5.32 Å². The highest BCUT2D eigenvalue weighted by atomic mass is 35.5. The summed E-state index contributed by atoms with van der Waals surface area (Å²) in [5.74, 6) is 0. The van der Waals surface area contributed by atoms with E-state index < -0.39 is 0 Å². The molecule has 0 amide bonds. The summed E-state index contributed by atoms with van der Waals surface area (Å²) >= 11 is 7.53. The van der Waals surface area contributed by atoms with E-state index in [4.69, 9.17) is 11.6 Å². The summed E-state index contributed by atoms with van der Waals surface area (Å²) in [6.07, 6.45) is 1.82. The number of nitrogens with one attached hydrogen (secondary N) is 1. The quantitative estimate of drug-likeness (QED) is 0.899. The Morgan fingerprint density at radius 3 is 3.00 bits per heavy atom. The first kappa shape index (κ1) is 11.6. The first-order chi connectivity index (χ1) is 7.75. The maximum Gasteiger partial charge on any atom is 0.0570 e. The van der Waals surface area contributed by atoms with Crippen LogP contribution in [0.2, 0.25) is 5.02 Å². The summed E-state index contributed by atoms with van der Waals surface area (Å²) in [5.41, 5.74) is 1.06. The molecule has 2 rings (SSSR count). The summed E-state index contributed by atoms with van der Waals surface area (Å²) in [6.45, 7) is 2.94. The van der Waals surface area contributed by atoms with Crippen molar-refractivity contribution in [3.8, 4) is 0 Å². The minimum Gasteiger partial charge on any atom is -0.304 e. The van der Waals surface area contributed by atoms with Crippen molar-refractivity contribution in [2.24, 2.45) is 0 Å². The van der Waals surface area contributed by atoms with Crippen LogP contribution in [0.4, 0.5) is 0 Å². The van der Waals surface area contributed by atoms with E-state index in [1.165, 1.54) is 4.88 Å². The van der Waals surface area contributed by atoms with Crippen molar-refractivity contribution in [2.45, 2.75) is 19.5 Å². The molecule has 1 atom stereocenters. The number of nitrogens with zero attached hydrogens (tertiary/aromatic N) is 1. The Hall–Kier alpha value is -0.900. The Kier molecular flexibility index (Phi) is 3.93. The van der Waals surface area contributed by atoms with Crippen LogP contribution in [-0.2, 0) is 6.54 Å². The van der Waals surface area contributed by atoms with Gasteiger partial charge >= 0.3 is 0 Å². The molecule has 0 unspecified atom stereocenters. The van der Waals surface area contributed by atoms with Crippen LogP contribution in [0, 0.1) is 0 Å². The monoisotopic (exact) mass is 252 g/mol. The van der Waals surface area contributed by atoms with Crippen LogP contribution in [0.15, 0.2) is 35.8 Å². The highest BCUT2D eigenvalue weighted by molar-refractivity contribution is 7.10. The van der Waals surface area contributed by atoms with Gasteiger partial charge in [0.15, 0.2) is 0 Å². The van der Waals surface area contributed by atoms with E-state index in [1.54, 1.807) is 11.3 Å². The van der Waals surface area contributed by atoms with Crippen LogP contribution >= 0.6 is 22.9 Å². The fourth-order valence-corrected chi connectivity index (χ4v) is 2.46. The van der Waals surface area contributed by atoms with Gasteiger partial charge in [0, 0.05) is 29.0 Å². The van der Waals surface area contributed by atoms with Gasteiger partial charge in [-0.25, -0.2) is 0 Å². The predicted octanol–water partition coefficient (Wildman–Crippen LogP) is 3.65. The summed E-state index contributed by atoms with van der Waals surface area (Å²) in [6, 6.07) is 8.20. The summed E-state index contributed by atoms with van der Waals surface area (Å²) < 4.78 is 0. The normalized spacial score (nSPS) is 12.6. The molecule has 0 radical (unpaired) electrons. The molecule has 2 heterocycles. The highest BCUT2D eigenvalue weighted by Crippen LogP contribution is 2.19. The third-order valence-electron chi connectivity index (χ3n) is 2.34. The minimum atomic E-state index is 0.252. The molecular weight excluding hydrogens is 240 g/mol. The van der Waals surface area contributed by atoms with Crippen molar-refractivity contribution >= 4 is 22.9 Å². The largest absolute Gasteiger partial charge is 0.304 e. The van der Waals surface area contributed by atoms with Gasteiger partial charge in [0.1, 0.15) is 0 Å². The van der Waals surface area contributed by atoms with Crippen LogP contribution in [0.5, 0.6) is 0 Å². The van der Waals surface area contributed by atoms with E-state index >= 15 is 0 Å². The molecule has 0 bridgehead atoms. The zero-order chi connectivity index (χ0) is 11.4. The van der Waals surface area contributed by atoms with Crippen LogP contribution in [0.3, 0.4) is 0 Å². The van der Waals surface area contributed by atoms with E-state index in [1.807, 2.05) is 35.8 Å². The first-order valence-electron chi connectivity index (χ1n) is 5.13. The molecule has 2 aromatic heterocycles. The number of hydrogen-bond acceptors (Lipinski definition) is 3. The average Bonchev–Trinajstić information content (AvgIpc) is 2.73. The van der Waals surface area contributed by atoms with E-state index in [-0.39, 0.29) is 6.04 Å². The van der Waals surface area contributed by atoms with Crippen molar-refractivity contribution < 1.29 is 0 Å². The van der Waals surface area contributed by atoms with Crippen LogP contribution in [0.1, 0.15) is 23.5 Å². The third kappa shape index (κ3) is 3.04. The Balaban J connectivity index is 1.91. The first-order valence-corrected chi connectivity index (χ1v) is 6.38. The Morgan fingerprint density at radius 2 is 2.38 bits per heavy atom. The standard InChI is InChI=1S/C12H13ClN2S/c1-9(12-4-2-3-5-14-12)15-7-11-6-10(13)8-16-11/h2-6,8-9,15H,7H2,1H3/t9-/m1/s1. The van der Waals surface area contributed by atoms with Gasteiger partial charge in [0.2, 0.25) is 0 Å². The Morgan fingerprint density at radius 1 is 1.50 bits per heavy atom.